The topological polar surface area (TPSA) is 80.4 Å². The minimum Gasteiger partial charge on any atom is -0.481 e. The highest BCUT2D eigenvalue weighted by Gasteiger charge is 2.14. The number of allylic oxidation sites excluding steroid dienone is 7. The lowest BCUT2D eigenvalue weighted by Gasteiger charge is -2.12. The number of carbonyl (C=O) groups is 2. The lowest BCUT2D eigenvalue weighted by Crippen LogP contribution is -2.11. The van der Waals surface area contributed by atoms with Gasteiger partial charge in [-0.15, -0.1) is 0 Å². The first-order chi connectivity index (χ1) is 13.4. The van der Waals surface area contributed by atoms with Gasteiger partial charge in [-0.2, -0.15) is 0 Å². The number of hydrogen-bond donors (Lipinski definition) is 2. The molecule has 0 aromatic carbocycles. The summed E-state index contributed by atoms with van der Waals surface area (Å²) in [5.74, 6) is -0.161. The average Bonchev–Trinajstić information content (AvgIpc) is 2.71. The molecule has 1 aliphatic carbocycles. The van der Waals surface area contributed by atoms with Crippen molar-refractivity contribution in [1.29, 1.82) is 0 Å². The van der Waals surface area contributed by atoms with Crippen LogP contribution in [0.3, 0.4) is 0 Å². The first kappa shape index (κ1) is 26.1. The molecule has 0 fully saturated rings. The van der Waals surface area contributed by atoms with E-state index in [1.807, 2.05) is 50.3 Å². The smallest absolute Gasteiger partial charge is 0.310 e. The highest BCUT2D eigenvalue weighted by Crippen LogP contribution is 2.18. The fourth-order valence-electron chi connectivity index (χ4n) is 3.11. The number of ketones is 1. The van der Waals surface area contributed by atoms with Gasteiger partial charge in [0.1, 0.15) is 0 Å². The van der Waals surface area contributed by atoms with Gasteiger partial charge >= 0.3 is 5.97 Å². The van der Waals surface area contributed by atoms with E-state index in [0.29, 0.717) is 12.3 Å². The van der Waals surface area contributed by atoms with Crippen LogP contribution < -0.4 is 5.73 Å². The van der Waals surface area contributed by atoms with Crippen molar-refractivity contribution in [2.24, 2.45) is 17.6 Å². The predicted molar refractivity (Wildman–Crippen MR) is 118 cm³/mol. The zero-order valence-electron chi connectivity index (χ0n) is 18.1. The maximum atomic E-state index is 11.8. The van der Waals surface area contributed by atoms with Crippen LogP contribution in [0, 0.1) is 11.8 Å². The highest BCUT2D eigenvalue weighted by atomic mass is 16.4. The normalized spacial score (nSPS) is 16.2. The van der Waals surface area contributed by atoms with E-state index in [1.165, 1.54) is 0 Å². The molecule has 0 aromatic heterocycles. The van der Waals surface area contributed by atoms with Crippen LogP contribution in [-0.4, -0.2) is 23.4 Å². The zero-order valence-corrected chi connectivity index (χ0v) is 18.1. The van der Waals surface area contributed by atoms with E-state index in [9.17, 15) is 9.59 Å². The van der Waals surface area contributed by atoms with E-state index in [-0.39, 0.29) is 11.7 Å². The molecule has 0 saturated carbocycles. The van der Waals surface area contributed by atoms with Crippen LogP contribution in [0.2, 0.25) is 0 Å². The predicted octanol–water partition coefficient (Wildman–Crippen LogP) is 5.61. The minimum absolute atomic E-state index is 0.258. The molecular weight excluding hydrogens is 350 g/mol. The van der Waals surface area contributed by atoms with Crippen LogP contribution >= 0.6 is 0 Å². The Morgan fingerprint density at radius 2 is 1.96 bits per heavy atom. The number of carboxylic acids is 1. The third-order valence-corrected chi connectivity index (χ3v) is 5.04. The number of carboxylic acid groups (broad SMARTS) is 1. The van der Waals surface area contributed by atoms with E-state index in [4.69, 9.17) is 10.8 Å². The van der Waals surface area contributed by atoms with Gasteiger partial charge < -0.3 is 10.8 Å². The van der Waals surface area contributed by atoms with Crippen molar-refractivity contribution in [3.63, 3.8) is 0 Å². The van der Waals surface area contributed by atoms with Crippen LogP contribution in [0.4, 0.5) is 0 Å². The largest absolute Gasteiger partial charge is 0.481 e. The van der Waals surface area contributed by atoms with E-state index >= 15 is 0 Å². The molecule has 0 heterocycles. The number of Topliss-reactive ketones (excluding diaryl/α,β-unsaturated/α-hetero) is 1. The SMILES string of the molecule is C/C=C\C(=C/C)C(=O)CCCC(CC)CCN.CC(C(=O)O)C1=CCCC=C1. The standard InChI is InChI=1S/C15H27NO.C9H12O2/c1-4-8-14(6-3)15(17)10-7-9-13(5-2)11-12-16;1-7(9(10)11)8-5-3-2-4-6-8/h4,6,8,13H,5,7,9-12,16H2,1-3H3;3,5-7H,2,4H2,1H3,(H,10,11)/b8-4-,14-6+;. The van der Waals surface area contributed by atoms with Crippen molar-refractivity contribution in [1.82, 2.24) is 0 Å². The fourth-order valence-corrected chi connectivity index (χ4v) is 3.11. The molecule has 2 unspecified atom stereocenters. The second-order valence-corrected chi connectivity index (χ2v) is 7.15. The molecule has 4 nitrogen and oxygen atoms in total. The Hall–Kier alpha value is -1.94. The van der Waals surface area contributed by atoms with Crippen LogP contribution in [-0.2, 0) is 9.59 Å². The Bertz CT molecular complexity index is 585. The van der Waals surface area contributed by atoms with Crippen molar-refractivity contribution in [3.05, 3.63) is 47.6 Å². The molecule has 0 aromatic rings. The number of aliphatic carboxylic acids is 1. The fraction of sp³-hybridized carbons (Fsp3) is 0.583. The Balaban J connectivity index is 0.000000567. The van der Waals surface area contributed by atoms with E-state index in [0.717, 1.165) is 56.2 Å². The van der Waals surface area contributed by atoms with Gasteiger partial charge in [0.15, 0.2) is 5.78 Å². The summed E-state index contributed by atoms with van der Waals surface area (Å²) in [4.78, 5) is 22.4. The molecule has 1 rings (SSSR count). The van der Waals surface area contributed by atoms with Crippen molar-refractivity contribution in [2.75, 3.05) is 6.54 Å². The summed E-state index contributed by atoms with van der Waals surface area (Å²) < 4.78 is 0. The highest BCUT2D eigenvalue weighted by molar-refractivity contribution is 5.97. The maximum Gasteiger partial charge on any atom is 0.310 e. The van der Waals surface area contributed by atoms with Crippen molar-refractivity contribution < 1.29 is 14.7 Å². The Kier molecular flexibility index (Phi) is 14.9. The van der Waals surface area contributed by atoms with E-state index in [2.05, 4.69) is 6.92 Å². The van der Waals surface area contributed by atoms with Crippen LogP contribution in [0.15, 0.2) is 47.6 Å². The molecule has 0 amide bonds. The van der Waals surface area contributed by atoms with Gasteiger partial charge in [-0.3, -0.25) is 9.59 Å². The van der Waals surface area contributed by atoms with Gasteiger partial charge in [-0.05, 0) is 70.9 Å². The maximum absolute atomic E-state index is 11.8. The van der Waals surface area contributed by atoms with Gasteiger partial charge in [0.25, 0.3) is 0 Å². The number of rotatable bonds is 11. The third kappa shape index (κ3) is 11.0. The van der Waals surface area contributed by atoms with Gasteiger partial charge in [0, 0.05) is 12.0 Å². The van der Waals surface area contributed by atoms with Gasteiger partial charge in [0.05, 0.1) is 5.92 Å². The second kappa shape index (κ2) is 16.1. The summed E-state index contributed by atoms with van der Waals surface area (Å²) in [6, 6.07) is 0. The van der Waals surface area contributed by atoms with Gasteiger partial charge in [-0.25, -0.2) is 0 Å². The molecule has 0 bridgehead atoms. The molecular formula is C24H39NO3. The summed E-state index contributed by atoms with van der Waals surface area (Å²) >= 11 is 0. The van der Waals surface area contributed by atoms with Gasteiger partial charge in [-0.1, -0.05) is 49.8 Å². The van der Waals surface area contributed by atoms with E-state index < -0.39 is 5.97 Å². The average molecular weight is 390 g/mol. The number of nitrogens with two attached hydrogens (primary N) is 1. The van der Waals surface area contributed by atoms with E-state index in [1.54, 1.807) is 6.92 Å². The summed E-state index contributed by atoms with van der Waals surface area (Å²) in [6.07, 6.45) is 18.6. The molecule has 158 valence electrons. The van der Waals surface area contributed by atoms with Crippen molar-refractivity contribution in [2.45, 2.75) is 72.6 Å². The lowest BCUT2D eigenvalue weighted by molar-refractivity contribution is -0.139. The first-order valence-electron chi connectivity index (χ1n) is 10.5. The lowest BCUT2D eigenvalue weighted by atomic mass is 9.94. The first-order valence-corrected chi connectivity index (χ1v) is 10.5. The summed E-state index contributed by atoms with van der Waals surface area (Å²) in [6.45, 7) is 8.51. The summed E-state index contributed by atoms with van der Waals surface area (Å²) in [7, 11) is 0. The molecule has 0 spiro atoms. The summed E-state index contributed by atoms with van der Waals surface area (Å²) in [5.41, 5.74) is 7.33. The monoisotopic (exact) mass is 389 g/mol. The summed E-state index contributed by atoms with van der Waals surface area (Å²) in [5, 5.41) is 8.66. The number of hydrogen-bond acceptors (Lipinski definition) is 3. The Labute approximate surface area is 171 Å². The minimum atomic E-state index is -0.747. The van der Waals surface area contributed by atoms with Crippen LogP contribution in [0.1, 0.15) is 72.6 Å². The van der Waals surface area contributed by atoms with Crippen LogP contribution in [0.5, 0.6) is 0 Å². The molecule has 28 heavy (non-hydrogen) atoms. The molecule has 4 heteroatoms. The van der Waals surface area contributed by atoms with Gasteiger partial charge in [0.2, 0.25) is 0 Å². The molecule has 3 N–H and O–H groups in total. The molecule has 2 atom stereocenters. The molecule has 0 aliphatic heterocycles. The molecule has 1 aliphatic rings. The molecule has 0 saturated heterocycles. The molecule has 0 radical (unpaired) electrons. The quantitative estimate of drug-likeness (QED) is 0.356. The van der Waals surface area contributed by atoms with Crippen molar-refractivity contribution >= 4 is 11.8 Å². The number of carbonyl (C=O) groups excluding carboxylic acids is 1. The zero-order chi connectivity index (χ0) is 21.4. The Morgan fingerprint density at radius 1 is 1.25 bits per heavy atom. The van der Waals surface area contributed by atoms with Crippen LogP contribution in [0.25, 0.3) is 0 Å². The third-order valence-electron chi connectivity index (χ3n) is 5.04. The second-order valence-electron chi connectivity index (χ2n) is 7.15. The Morgan fingerprint density at radius 3 is 2.43 bits per heavy atom. The van der Waals surface area contributed by atoms with Crippen molar-refractivity contribution in [3.8, 4) is 0 Å².